The summed E-state index contributed by atoms with van der Waals surface area (Å²) in [5.74, 6) is 0.296. The van der Waals surface area contributed by atoms with Crippen molar-refractivity contribution in [3.63, 3.8) is 0 Å². The first-order chi connectivity index (χ1) is 8.08. The highest BCUT2D eigenvalue weighted by Gasteiger charge is 2.04. The first-order valence-electron chi connectivity index (χ1n) is 6.08. The van der Waals surface area contributed by atoms with Gasteiger partial charge in [-0.05, 0) is 36.5 Å². The van der Waals surface area contributed by atoms with Crippen LogP contribution in [0.1, 0.15) is 32.3 Å². The second-order valence-electron chi connectivity index (χ2n) is 4.67. The van der Waals surface area contributed by atoms with Crippen molar-refractivity contribution >= 4 is 11.7 Å². The summed E-state index contributed by atoms with van der Waals surface area (Å²) in [5, 5.41) is 0. The molecule has 3 nitrogen and oxygen atoms in total. The predicted molar refractivity (Wildman–Crippen MR) is 69.6 cm³/mol. The number of hydrogen-bond donors (Lipinski definition) is 1. The average molecular weight is 235 g/mol. The fourth-order valence-electron chi connectivity index (χ4n) is 1.45. The highest BCUT2D eigenvalue weighted by Crippen LogP contribution is 2.09. The number of carbonyl (C=O) groups excluding carboxylic acids is 1. The second kappa shape index (κ2) is 6.94. The van der Waals surface area contributed by atoms with Gasteiger partial charge in [0.2, 0.25) is 0 Å². The number of aryl methyl sites for hydroxylation is 1. The zero-order valence-electron chi connectivity index (χ0n) is 10.6. The molecule has 0 aliphatic heterocycles. The predicted octanol–water partition coefficient (Wildman–Crippen LogP) is 2.79. The normalized spacial score (nSPS) is 10.5. The summed E-state index contributed by atoms with van der Waals surface area (Å²) in [6, 6.07) is 7.75. The summed E-state index contributed by atoms with van der Waals surface area (Å²) in [7, 11) is 0. The number of rotatable bonds is 6. The van der Waals surface area contributed by atoms with E-state index in [1.807, 2.05) is 38.1 Å². The maximum absolute atomic E-state index is 11.3. The quantitative estimate of drug-likeness (QED) is 0.609. The summed E-state index contributed by atoms with van der Waals surface area (Å²) >= 11 is 0. The van der Waals surface area contributed by atoms with Crippen LogP contribution in [0.25, 0.3) is 0 Å². The molecular formula is C14H21NO2. The number of carbonyl (C=O) groups is 1. The summed E-state index contributed by atoms with van der Waals surface area (Å²) in [6.45, 7) is 4.57. The lowest BCUT2D eigenvalue weighted by molar-refractivity contribution is -0.144. The van der Waals surface area contributed by atoms with Crippen LogP contribution in [-0.4, -0.2) is 12.6 Å². The summed E-state index contributed by atoms with van der Waals surface area (Å²) in [5.41, 5.74) is 7.57. The highest BCUT2D eigenvalue weighted by molar-refractivity contribution is 5.69. The Kier molecular flexibility index (Phi) is 5.53. The number of ether oxygens (including phenoxy) is 1. The summed E-state index contributed by atoms with van der Waals surface area (Å²) in [4.78, 5) is 11.3. The largest absolute Gasteiger partial charge is 0.465 e. The van der Waals surface area contributed by atoms with E-state index in [-0.39, 0.29) is 5.97 Å². The lowest BCUT2D eigenvalue weighted by Crippen LogP contribution is -2.09. The molecule has 94 valence electrons. The van der Waals surface area contributed by atoms with Gasteiger partial charge in [-0.25, -0.2) is 0 Å². The monoisotopic (exact) mass is 235 g/mol. The minimum Gasteiger partial charge on any atom is -0.465 e. The van der Waals surface area contributed by atoms with Crippen LogP contribution < -0.4 is 5.73 Å². The Balaban J connectivity index is 2.19. The molecule has 1 rings (SSSR count). The van der Waals surface area contributed by atoms with Gasteiger partial charge in [0, 0.05) is 12.1 Å². The van der Waals surface area contributed by atoms with Crippen molar-refractivity contribution in [2.24, 2.45) is 5.92 Å². The molecule has 0 aromatic heterocycles. The Morgan fingerprint density at radius 2 is 1.94 bits per heavy atom. The molecule has 0 spiro atoms. The molecule has 3 heteroatoms. The van der Waals surface area contributed by atoms with Crippen LogP contribution >= 0.6 is 0 Å². The molecule has 0 amide bonds. The van der Waals surface area contributed by atoms with Gasteiger partial charge >= 0.3 is 5.97 Å². The van der Waals surface area contributed by atoms with Crippen LogP contribution in [-0.2, 0) is 16.0 Å². The molecule has 0 saturated carbocycles. The minimum absolute atomic E-state index is 0.103. The van der Waals surface area contributed by atoms with Crippen LogP contribution in [0, 0.1) is 5.92 Å². The number of anilines is 1. The van der Waals surface area contributed by atoms with Gasteiger partial charge < -0.3 is 10.5 Å². The van der Waals surface area contributed by atoms with E-state index in [1.54, 1.807) is 0 Å². The molecule has 17 heavy (non-hydrogen) atoms. The SMILES string of the molecule is CC(C)COC(=O)CCCc1ccc(N)cc1. The number of nitrogen functional groups attached to an aromatic ring is 1. The van der Waals surface area contributed by atoms with E-state index in [1.165, 1.54) is 5.56 Å². The first kappa shape index (κ1) is 13.6. The lowest BCUT2D eigenvalue weighted by Gasteiger charge is -2.07. The Bertz CT molecular complexity index is 344. The lowest BCUT2D eigenvalue weighted by atomic mass is 10.1. The molecule has 1 aromatic carbocycles. The van der Waals surface area contributed by atoms with Crippen LogP contribution in [0.4, 0.5) is 5.69 Å². The van der Waals surface area contributed by atoms with Crippen LogP contribution in [0.2, 0.25) is 0 Å². The van der Waals surface area contributed by atoms with Crippen LogP contribution in [0.15, 0.2) is 24.3 Å². The Morgan fingerprint density at radius 1 is 1.29 bits per heavy atom. The number of hydrogen-bond acceptors (Lipinski definition) is 3. The number of benzene rings is 1. The average Bonchev–Trinajstić information content (AvgIpc) is 2.29. The Morgan fingerprint density at radius 3 is 2.53 bits per heavy atom. The molecule has 0 fully saturated rings. The van der Waals surface area contributed by atoms with E-state index in [0.717, 1.165) is 18.5 Å². The van der Waals surface area contributed by atoms with Crippen molar-refractivity contribution < 1.29 is 9.53 Å². The van der Waals surface area contributed by atoms with Crippen molar-refractivity contribution in [1.29, 1.82) is 0 Å². The molecule has 0 bridgehead atoms. The molecule has 0 atom stereocenters. The van der Waals surface area contributed by atoms with E-state index in [4.69, 9.17) is 10.5 Å². The van der Waals surface area contributed by atoms with Crippen molar-refractivity contribution in [3.8, 4) is 0 Å². The van der Waals surface area contributed by atoms with Crippen molar-refractivity contribution in [3.05, 3.63) is 29.8 Å². The fraction of sp³-hybridized carbons (Fsp3) is 0.500. The molecule has 0 saturated heterocycles. The van der Waals surface area contributed by atoms with Crippen molar-refractivity contribution in [1.82, 2.24) is 0 Å². The number of nitrogens with two attached hydrogens (primary N) is 1. The zero-order chi connectivity index (χ0) is 12.7. The summed E-state index contributed by atoms with van der Waals surface area (Å²) < 4.78 is 5.10. The van der Waals surface area contributed by atoms with Gasteiger partial charge in [0.25, 0.3) is 0 Å². The smallest absolute Gasteiger partial charge is 0.305 e. The van der Waals surface area contributed by atoms with Gasteiger partial charge in [0.05, 0.1) is 6.61 Å². The topological polar surface area (TPSA) is 52.3 Å². The Labute approximate surface area is 103 Å². The third-order valence-corrected chi connectivity index (χ3v) is 2.40. The second-order valence-corrected chi connectivity index (χ2v) is 4.67. The molecule has 1 aromatic rings. The molecule has 0 heterocycles. The molecule has 0 radical (unpaired) electrons. The third kappa shape index (κ3) is 5.95. The van der Waals surface area contributed by atoms with E-state index < -0.39 is 0 Å². The van der Waals surface area contributed by atoms with Crippen LogP contribution in [0.5, 0.6) is 0 Å². The van der Waals surface area contributed by atoms with Gasteiger partial charge in [-0.15, -0.1) is 0 Å². The number of esters is 1. The summed E-state index contributed by atoms with van der Waals surface area (Å²) in [6.07, 6.45) is 2.19. The maximum Gasteiger partial charge on any atom is 0.305 e. The van der Waals surface area contributed by atoms with Gasteiger partial charge in [0.1, 0.15) is 0 Å². The standard InChI is InChI=1S/C14H21NO2/c1-11(2)10-17-14(16)5-3-4-12-6-8-13(15)9-7-12/h6-9,11H,3-5,10,15H2,1-2H3. The van der Waals surface area contributed by atoms with Gasteiger partial charge in [-0.1, -0.05) is 26.0 Å². The van der Waals surface area contributed by atoms with Crippen molar-refractivity contribution in [2.75, 3.05) is 12.3 Å². The van der Waals surface area contributed by atoms with Gasteiger partial charge in [0.15, 0.2) is 0 Å². The molecule has 0 aliphatic carbocycles. The maximum atomic E-state index is 11.3. The van der Waals surface area contributed by atoms with Gasteiger partial charge in [-0.2, -0.15) is 0 Å². The van der Waals surface area contributed by atoms with E-state index in [9.17, 15) is 4.79 Å². The molecular weight excluding hydrogens is 214 g/mol. The minimum atomic E-state index is -0.103. The van der Waals surface area contributed by atoms with Crippen LogP contribution in [0.3, 0.4) is 0 Å². The molecule has 0 aliphatic rings. The zero-order valence-corrected chi connectivity index (χ0v) is 10.6. The van der Waals surface area contributed by atoms with Crippen molar-refractivity contribution in [2.45, 2.75) is 33.1 Å². The Hall–Kier alpha value is -1.51. The van der Waals surface area contributed by atoms with E-state index >= 15 is 0 Å². The van der Waals surface area contributed by atoms with E-state index in [0.29, 0.717) is 18.9 Å². The van der Waals surface area contributed by atoms with E-state index in [2.05, 4.69) is 0 Å². The highest BCUT2D eigenvalue weighted by atomic mass is 16.5. The first-order valence-corrected chi connectivity index (χ1v) is 6.08. The fourth-order valence-corrected chi connectivity index (χ4v) is 1.45. The molecule has 0 unspecified atom stereocenters. The molecule has 2 N–H and O–H groups in total. The van der Waals surface area contributed by atoms with Gasteiger partial charge in [-0.3, -0.25) is 4.79 Å². The third-order valence-electron chi connectivity index (χ3n) is 2.40.